The lowest BCUT2D eigenvalue weighted by atomic mass is 10.2. The summed E-state index contributed by atoms with van der Waals surface area (Å²) in [5, 5.41) is 15.4. The van der Waals surface area contributed by atoms with Gasteiger partial charge in [0.15, 0.2) is 5.69 Å². The molecule has 5 nitrogen and oxygen atoms in total. The van der Waals surface area contributed by atoms with E-state index in [0.717, 1.165) is 12.1 Å². The van der Waals surface area contributed by atoms with Crippen LogP contribution in [-0.2, 0) is 6.18 Å². The molecule has 134 valence electrons. The molecule has 1 amide bonds. The molecule has 2 aromatic carbocycles. The zero-order valence-electron chi connectivity index (χ0n) is 13.0. The largest absolute Gasteiger partial charge is 0.506 e. The molecule has 1 aromatic heterocycles. The van der Waals surface area contributed by atoms with Crippen molar-refractivity contribution in [2.24, 2.45) is 0 Å². The van der Waals surface area contributed by atoms with Crippen LogP contribution in [0.1, 0.15) is 16.1 Å². The average molecular weight is 365 g/mol. The molecule has 0 aliphatic carbocycles. The van der Waals surface area contributed by atoms with Crippen LogP contribution in [0.2, 0.25) is 0 Å². The number of nitrogens with zero attached hydrogens (tertiary/aromatic N) is 2. The molecule has 0 saturated carbocycles. The van der Waals surface area contributed by atoms with Gasteiger partial charge < -0.3 is 10.4 Å². The highest BCUT2D eigenvalue weighted by Gasteiger charge is 2.41. The van der Waals surface area contributed by atoms with Gasteiger partial charge in [-0.15, -0.1) is 0 Å². The summed E-state index contributed by atoms with van der Waals surface area (Å²) in [6.07, 6.45) is -4.27. The molecule has 0 spiro atoms. The van der Waals surface area contributed by atoms with Crippen molar-refractivity contribution in [2.45, 2.75) is 6.18 Å². The minimum absolute atomic E-state index is 0.0655. The zero-order chi connectivity index (χ0) is 18.9. The number of carbonyl (C=O) groups is 1. The fourth-order valence-electron chi connectivity index (χ4n) is 2.36. The van der Waals surface area contributed by atoms with Crippen molar-refractivity contribution in [3.05, 3.63) is 71.8 Å². The molecule has 0 bridgehead atoms. The van der Waals surface area contributed by atoms with Gasteiger partial charge in [0, 0.05) is 0 Å². The number of phenols is 1. The van der Waals surface area contributed by atoms with Gasteiger partial charge in [-0.25, -0.2) is 9.07 Å². The van der Waals surface area contributed by atoms with Crippen LogP contribution in [0.15, 0.2) is 54.7 Å². The molecule has 0 unspecified atom stereocenters. The zero-order valence-corrected chi connectivity index (χ0v) is 13.0. The van der Waals surface area contributed by atoms with E-state index >= 15 is 0 Å². The Morgan fingerprint density at radius 2 is 1.73 bits per heavy atom. The quantitative estimate of drug-likeness (QED) is 0.545. The Morgan fingerprint density at radius 3 is 2.38 bits per heavy atom. The van der Waals surface area contributed by atoms with E-state index in [1.807, 2.05) is 0 Å². The molecule has 26 heavy (non-hydrogen) atoms. The number of carbonyl (C=O) groups excluding carboxylic acids is 1. The number of hydrogen-bond donors (Lipinski definition) is 2. The van der Waals surface area contributed by atoms with Crippen molar-refractivity contribution in [3.63, 3.8) is 0 Å². The number of nitrogens with one attached hydrogen (secondary N) is 1. The van der Waals surface area contributed by atoms with Gasteiger partial charge in [-0.05, 0) is 24.3 Å². The van der Waals surface area contributed by atoms with E-state index in [4.69, 9.17) is 0 Å². The summed E-state index contributed by atoms with van der Waals surface area (Å²) in [7, 11) is 0. The Bertz CT molecular complexity index is 967. The smallest absolute Gasteiger partial charge is 0.434 e. The van der Waals surface area contributed by atoms with E-state index < -0.39 is 34.8 Å². The molecular formula is C17H11F4N3O2. The number of alkyl halides is 3. The SMILES string of the molecule is O=C(Nc1ccccc1O)c1cnn(-c2ccccc2F)c1C(F)(F)F. The highest BCUT2D eigenvalue weighted by molar-refractivity contribution is 6.05. The molecule has 9 heteroatoms. The van der Waals surface area contributed by atoms with Crippen LogP contribution in [0.4, 0.5) is 23.2 Å². The van der Waals surface area contributed by atoms with Crippen molar-refractivity contribution in [2.75, 3.05) is 5.32 Å². The monoisotopic (exact) mass is 365 g/mol. The van der Waals surface area contributed by atoms with Crippen molar-refractivity contribution in [3.8, 4) is 11.4 Å². The van der Waals surface area contributed by atoms with Crippen LogP contribution in [-0.4, -0.2) is 20.8 Å². The first-order valence-electron chi connectivity index (χ1n) is 7.28. The third-order valence-electron chi connectivity index (χ3n) is 3.52. The second-order valence-electron chi connectivity index (χ2n) is 5.24. The predicted molar refractivity (Wildman–Crippen MR) is 84.6 cm³/mol. The minimum atomic E-state index is -4.97. The van der Waals surface area contributed by atoms with E-state index in [0.29, 0.717) is 10.9 Å². The Labute approximate surface area is 144 Å². The number of anilines is 1. The highest BCUT2D eigenvalue weighted by Crippen LogP contribution is 2.34. The number of para-hydroxylation sites is 3. The Hall–Kier alpha value is -3.36. The minimum Gasteiger partial charge on any atom is -0.506 e. The Balaban J connectivity index is 2.07. The molecule has 0 aliphatic rings. The number of aromatic nitrogens is 2. The van der Waals surface area contributed by atoms with Crippen molar-refractivity contribution < 1.29 is 27.5 Å². The molecule has 2 N–H and O–H groups in total. The standard InChI is InChI=1S/C17H11F4N3O2/c18-11-5-1-3-7-13(11)24-15(17(19,20)21)10(9-22-24)16(26)23-12-6-2-4-8-14(12)25/h1-9,25H,(H,23,26). The van der Waals surface area contributed by atoms with Gasteiger partial charge in [0.2, 0.25) is 0 Å². The van der Waals surface area contributed by atoms with Gasteiger partial charge in [-0.3, -0.25) is 4.79 Å². The molecule has 0 saturated heterocycles. The van der Waals surface area contributed by atoms with Crippen molar-refractivity contribution >= 4 is 11.6 Å². The summed E-state index contributed by atoms with van der Waals surface area (Å²) in [4.78, 5) is 12.3. The maximum Gasteiger partial charge on any atom is 0.434 e. The first-order chi connectivity index (χ1) is 12.3. The molecular weight excluding hydrogens is 354 g/mol. The average Bonchev–Trinajstić information content (AvgIpc) is 3.02. The lowest BCUT2D eigenvalue weighted by Crippen LogP contribution is -2.21. The summed E-state index contributed by atoms with van der Waals surface area (Å²) in [6.45, 7) is 0. The Morgan fingerprint density at radius 1 is 1.08 bits per heavy atom. The Kier molecular flexibility index (Phi) is 4.37. The first-order valence-corrected chi connectivity index (χ1v) is 7.28. The summed E-state index contributed by atoms with van der Waals surface area (Å²) in [6, 6.07) is 10.3. The van der Waals surface area contributed by atoms with Gasteiger partial charge in [0.1, 0.15) is 17.3 Å². The summed E-state index contributed by atoms with van der Waals surface area (Å²) in [5.41, 5.74) is -2.73. The third kappa shape index (κ3) is 3.23. The number of aromatic hydroxyl groups is 1. The number of benzene rings is 2. The maximum absolute atomic E-state index is 13.9. The highest BCUT2D eigenvalue weighted by atomic mass is 19.4. The molecule has 0 aliphatic heterocycles. The fourth-order valence-corrected chi connectivity index (χ4v) is 2.36. The maximum atomic E-state index is 13.9. The lowest BCUT2D eigenvalue weighted by Gasteiger charge is -2.13. The van der Waals surface area contributed by atoms with Crippen molar-refractivity contribution in [1.82, 2.24) is 9.78 Å². The number of phenolic OH excluding ortho intramolecular Hbond substituents is 1. The molecule has 3 rings (SSSR count). The lowest BCUT2D eigenvalue weighted by molar-refractivity contribution is -0.143. The van der Waals surface area contributed by atoms with E-state index in [2.05, 4.69) is 10.4 Å². The van der Waals surface area contributed by atoms with E-state index in [1.54, 1.807) is 0 Å². The van der Waals surface area contributed by atoms with Gasteiger partial charge in [0.05, 0.1) is 17.4 Å². The molecule has 0 fully saturated rings. The first kappa shape index (κ1) is 17.5. The van der Waals surface area contributed by atoms with E-state index in [-0.39, 0.29) is 11.4 Å². The summed E-state index contributed by atoms with van der Waals surface area (Å²) in [5.74, 6) is -2.37. The summed E-state index contributed by atoms with van der Waals surface area (Å²) >= 11 is 0. The second-order valence-corrected chi connectivity index (χ2v) is 5.24. The number of rotatable bonds is 3. The van der Waals surface area contributed by atoms with Crippen LogP contribution in [0, 0.1) is 5.82 Å². The molecule has 0 radical (unpaired) electrons. The molecule has 0 atom stereocenters. The molecule has 3 aromatic rings. The van der Waals surface area contributed by atoms with Gasteiger partial charge in [0.25, 0.3) is 5.91 Å². The van der Waals surface area contributed by atoms with E-state index in [9.17, 15) is 27.5 Å². The van der Waals surface area contributed by atoms with Gasteiger partial charge >= 0.3 is 6.18 Å². The topological polar surface area (TPSA) is 67.2 Å². The van der Waals surface area contributed by atoms with Gasteiger partial charge in [-0.2, -0.15) is 18.3 Å². The van der Waals surface area contributed by atoms with Crippen LogP contribution in [0.3, 0.4) is 0 Å². The van der Waals surface area contributed by atoms with Crippen LogP contribution >= 0.6 is 0 Å². The summed E-state index contributed by atoms with van der Waals surface area (Å²) < 4.78 is 54.8. The van der Waals surface area contributed by atoms with Crippen molar-refractivity contribution in [1.29, 1.82) is 0 Å². The predicted octanol–water partition coefficient (Wildman–Crippen LogP) is 3.99. The van der Waals surface area contributed by atoms with E-state index in [1.165, 1.54) is 36.4 Å². The van der Waals surface area contributed by atoms with Gasteiger partial charge in [-0.1, -0.05) is 24.3 Å². The number of halogens is 4. The number of hydrogen-bond acceptors (Lipinski definition) is 3. The third-order valence-corrected chi connectivity index (χ3v) is 3.52. The fraction of sp³-hybridized carbons (Fsp3) is 0.0588. The van der Waals surface area contributed by atoms with Crippen LogP contribution < -0.4 is 5.32 Å². The number of amides is 1. The molecule has 1 heterocycles. The second kappa shape index (κ2) is 6.51. The normalized spacial score (nSPS) is 11.4. The van der Waals surface area contributed by atoms with Crippen LogP contribution in [0.25, 0.3) is 5.69 Å². The van der Waals surface area contributed by atoms with Crippen LogP contribution in [0.5, 0.6) is 5.75 Å².